The largest absolute Gasteiger partial charge is 0.497 e. The van der Waals surface area contributed by atoms with Gasteiger partial charge in [-0.05, 0) is 48.0 Å². The molecule has 0 bridgehead atoms. The summed E-state index contributed by atoms with van der Waals surface area (Å²) in [6.07, 6.45) is 1.40. The lowest BCUT2D eigenvalue weighted by Gasteiger charge is -2.05. The standard InChI is InChI=1S/C17H13FN2O2/c1-22-16-8-6-15(7-9-16)20-17(21)13(11-19)10-12-2-4-14(18)5-3-12/h2-10H,1H3,(H,20,21)/b13-10-. The normalized spacial score (nSPS) is 10.7. The Bertz CT molecular complexity index is 729. The Hall–Kier alpha value is -3.13. The van der Waals surface area contributed by atoms with Crippen LogP contribution in [0.15, 0.2) is 54.1 Å². The first-order valence-electron chi connectivity index (χ1n) is 6.45. The molecule has 0 aromatic heterocycles. The number of benzene rings is 2. The fraction of sp³-hybridized carbons (Fsp3) is 0.0588. The molecule has 0 aliphatic heterocycles. The number of carbonyl (C=O) groups excluding carboxylic acids is 1. The first kappa shape index (κ1) is 15.3. The van der Waals surface area contributed by atoms with Gasteiger partial charge in [0.05, 0.1) is 7.11 Å². The number of amides is 1. The summed E-state index contributed by atoms with van der Waals surface area (Å²) in [5.41, 5.74) is 1.05. The topological polar surface area (TPSA) is 62.1 Å². The van der Waals surface area contributed by atoms with E-state index in [4.69, 9.17) is 10.00 Å². The van der Waals surface area contributed by atoms with E-state index in [1.807, 2.05) is 6.07 Å². The number of hydrogen-bond donors (Lipinski definition) is 1. The number of carbonyl (C=O) groups is 1. The molecule has 1 N–H and O–H groups in total. The summed E-state index contributed by atoms with van der Waals surface area (Å²) >= 11 is 0. The van der Waals surface area contributed by atoms with E-state index in [1.54, 1.807) is 31.4 Å². The SMILES string of the molecule is COc1ccc(NC(=O)/C(C#N)=C\c2ccc(F)cc2)cc1. The van der Waals surface area contributed by atoms with Crippen molar-refractivity contribution in [3.8, 4) is 11.8 Å². The predicted octanol–water partition coefficient (Wildman–Crippen LogP) is 3.38. The molecule has 0 saturated heterocycles. The highest BCUT2D eigenvalue weighted by Crippen LogP contribution is 2.16. The van der Waals surface area contributed by atoms with E-state index in [0.717, 1.165) is 0 Å². The van der Waals surface area contributed by atoms with Crippen LogP contribution in [0.5, 0.6) is 5.75 Å². The van der Waals surface area contributed by atoms with Gasteiger partial charge in [-0.1, -0.05) is 12.1 Å². The van der Waals surface area contributed by atoms with Gasteiger partial charge in [-0.25, -0.2) is 4.39 Å². The fourth-order valence-electron chi connectivity index (χ4n) is 1.75. The summed E-state index contributed by atoms with van der Waals surface area (Å²) in [6, 6.07) is 14.1. The zero-order valence-corrected chi connectivity index (χ0v) is 11.8. The minimum Gasteiger partial charge on any atom is -0.497 e. The van der Waals surface area contributed by atoms with Crippen LogP contribution in [0.1, 0.15) is 5.56 Å². The van der Waals surface area contributed by atoms with Gasteiger partial charge in [0.2, 0.25) is 0 Å². The number of nitrogens with zero attached hydrogens (tertiary/aromatic N) is 1. The van der Waals surface area contributed by atoms with Gasteiger partial charge in [-0.2, -0.15) is 5.26 Å². The maximum absolute atomic E-state index is 12.8. The molecule has 0 aliphatic carbocycles. The second-order valence-corrected chi connectivity index (χ2v) is 4.40. The third-order valence-electron chi connectivity index (χ3n) is 2.89. The molecule has 2 aromatic carbocycles. The predicted molar refractivity (Wildman–Crippen MR) is 81.6 cm³/mol. The lowest BCUT2D eigenvalue weighted by molar-refractivity contribution is -0.112. The lowest BCUT2D eigenvalue weighted by atomic mass is 10.1. The molecule has 0 fully saturated rings. The van der Waals surface area contributed by atoms with Crippen LogP contribution in [-0.2, 0) is 4.79 Å². The number of ether oxygens (including phenoxy) is 1. The van der Waals surface area contributed by atoms with Gasteiger partial charge in [0.15, 0.2) is 0 Å². The Balaban J connectivity index is 2.14. The number of halogens is 1. The second kappa shape index (κ2) is 7.04. The quantitative estimate of drug-likeness (QED) is 0.695. The molecule has 22 heavy (non-hydrogen) atoms. The first-order valence-corrected chi connectivity index (χ1v) is 6.45. The van der Waals surface area contributed by atoms with E-state index < -0.39 is 5.91 Å². The molecule has 0 spiro atoms. The van der Waals surface area contributed by atoms with E-state index in [2.05, 4.69) is 5.32 Å². The molecule has 0 heterocycles. The summed E-state index contributed by atoms with van der Waals surface area (Å²) in [5, 5.41) is 11.7. The molecule has 0 atom stereocenters. The molecule has 2 rings (SSSR count). The Labute approximate surface area is 127 Å². The van der Waals surface area contributed by atoms with E-state index in [1.165, 1.54) is 30.3 Å². The van der Waals surface area contributed by atoms with E-state index in [0.29, 0.717) is 17.0 Å². The third kappa shape index (κ3) is 3.93. The molecule has 0 radical (unpaired) electrons. The molecule has 110 valence electrons. The van der Waals surface area contributed by atoms with Crippen molar-refractivity contribution in [2.75, 3.05) is 12.4 Å². The molecular formula is C17H13FN2O2. The summed E-state index contributed by atoms with van der Waals surface area (Å²) in [6.45, 7) is 0. The zero-order chi connectivity index (χ0) is 15.9. The van der Waals surface area contributed by atoms with Crippen LogP contribution in [0, 0.1) is 17.1 Å². The fourth-order valence-corrected chi connectivity index (χ4v) is 1.75. The summed E-state index contributed by atoms with van der Waals surface area (Å²) < 4.78 is 17.9. The Kier molecular flexibility index (Phi) is 4.89. The van der Waals surface area contributed by atoms with Crippen molar-refractivity contribution >= 4 is 17.7 Å². The highest BCUT2D eigenvalue weighted by molar-refractivity contribution is 6.09. The van der Waals surface area contributed by atoms with Crippen molar-refractivity contribution in [2.45, 2.75) is 0 Å². The summed E-state index contributed by atoms with van der Waals surface area (Å²) in [4.78, 5) is 12.1. The van der Waals surface area contributed by atoms with Gasteiger partial charge >= 0.3 is 0 Å². The van der Waals surface area contributed by atoms with Gasteiger partial charge in [0.1, 0.15) is 23.2 Å². The number of rotatable bonds is 4. The maximum atomic E-state index is 12.8. The van der Waals surface area contributed by atoms with Crippen LogP contribution >= 0.6 is 0 Å². The molecule has 0 aliphatic rings. The number of nitriles is 1. The Morgan fingerprint density at radius 1 is 1.18 bits per heavy atom. The molecule has 0 unspecified atom stereocenters. The molecular weight excluding hydrogens is 283 g/mol. The van der Waals surface area contributed by atoms with Crippen LogP contribution in [-0.4, -0.2) is 13.0 Å². The van der Waals surface area contributed by atoms with Crippen molar-refractivity contribution in [3.05, 3.63) is 65.5 Å². The Morgan fingerprint density at radius 3 is 2.36 bits per heavy atom. The van der Waals surface area contributed by atoms with Gasteiger partial charge in [-0.3, -0.25) is 4.79 Å². The smallest absolute Gasteiger partial charge is 0.266 e. The van der Waals surface area contributed by atoms with E-state index >= 15 is 0 Å². The van der Waals surface area contributed by atoms with Gasteiger partial charge < -0.3 is 10.1 Å². The summed E-state index contributed by atoms with van der Waals surface area (Å²) in [7, 11) is 1.55. The van der Waals surface area contributed by atoms with Crippen LogP contribution in [0.4, 0.5) is 10.1 Å². The van der Waals surface area contributed by atoms with Crippen LogP contribution in [0.3, 0.4) is 0 Å². The molecule has 4 nitrogen and oxygen atoms in total. The first-order chi connectivity index (χ1) is 10.6. The number of hydrogen-bond acceptors (Lipinski definition) is 3. The summed E-state index contributed by atoms with van der Waals surface area (Å²) in [5.74, 6) is -0.240. The molecule has 0 saturated carbocycles. The van der Waals surface area contributed by atoms with Crippen LogP contribution in [0.2, 0.25) is 0 Å². The average Bonchev–Trinajstić information content (AvgIpc) is 2.55. The zero-order valence-electron chi connectivity index (χ0n) is 11.8. The van der Waals surface area contributed by atoms with Gasteiger partial charge in [0.25, 0.3) is 5.91 Å². The van der Waals surface area contributed by atoms with Crippen molar-refractivity contribution in [1.82, 2.24) is 0 Å². The monoisotopic (exact) mass is 296 g/mol. The number of methoxy groups -OCH3 is 1. The number of anilines is 1. The van der Waals surface area contributed by atoms with Crippen molar-refractivity contribution in [1.29, 1.82) is 5.26 Å². The molecule has 1 amide bonds. The minimum absolute atomic E-state index is 0.0672. The third-order valence-corrected chi connectivity index (χ3v) is 2.89. The Morgan fingerprint density at radius 2 is 1.82 bits per heavy atom. The van der Waals surface area contributed by atoms with Gasteiger partial charge in [-0.15, -0.1) is 0 Å². The van der Waals surface area contributed by atoms with E-state index in [-0.39, 0.29) is 11.4 Å². The van der Waals surface area contributed by atoms with Crippen LogP contribution < -0.4 is 10.1 Å². The minimum atomic E-state index is -0.531. The maximum Gasteiger partial charge on any atom is 0.266 e. The van der Waals surface area contributed by atoms with Crippen molar-refractivity contribution < 1.29 is 13.9 Å². The highest BCUT2D eigenvalue weighted by Gasteiger charge is 2.09. The highest BCUT2D eigenvalue weighted by atomic mass is 19.1. The average molecular weight is 296 g/mol. The lowest BCUT2D eigenvalue weighted by Crippen LogP contribution is -2.13. The van der Waals surface area contributed by atoms with Crippen molar-refractivity contribution in [3.63, 3.8) is 0 Å². The van der Waals surface area contributed by atoms with Gasteiger partial charge in [0, 0.05) is 5.69 Å². The van der Waals surface area contributed by atoms with Crippen molar-refractivity contribution in [2.24, 2.45) is 0 Å². The molecule has 5 heteroatoms. The second-order valence-electron chi connectivity index (χ2n) is 4.40. The molecule has 2 aromatic rings. The van der Waals surface area contributed by atoms with Crippen LogP contribution in [0.25, 0.3) is 6.08 Å². The van der Waals surface area contributed by atoms with E-state index in [9.17, 15) is 9.18 Å². The number of nitrogens with one attached hydrogen (secondary N) is 1.